The first-order chi connectivity index (χ1) is 8.56. The predicted molar refractivity (Wildman–Crippen MR) is 76.6 cm³/mol. The van der Waals surface area contributed by atoms with Crippen molar-refractivity contribution in [1.29, 1.82) is 0 Å². The SMILES string of the molecule is C[N+]#CC(C)(C)COCC(C)NC(=O)OC(C)(C)C. The lowest BCUT2D eigenvalue weighted by Gasteiger charge is -2.22. The summed E-state index contributed by atoms with van der Waals surface area (Å²) < 4.78 is 10.7. The highest BCUT2D eigenvalue weighted by Crippen LogP contribution is 2.14. The van der Waals surface area contributed by atoms with Crippen LogP contribution in [0.25, 0.3) is 4.85 Å². The van der Waals surface area contributed by atoms with E-state index in [-0.39, 0.29) is 11.5 Å². The molecule has 0 fully saturated rings. The third-order valence-corrected chi connectivity index (χ3v) is 2.01. The Labute approximate surface area is 116 Å². The number of carbonyl (C=O) groups is 1. The highest BCUT2D eigenvalue weighted by atomic mass is 16.6. The molecule has 0 saturated heterocycles. The van der Waals surface area contributed by atoms with E-state index in [0.29, 0.717) is 13.2 Å². The van der Waals surface area contributed by atoms with Crippen LogP contribution in [0.1, 0.15) is 41.5 Å². The molecule has 1 atom stereocenters. The molecule has 0 radical (unpaired) electrons. The summed E-state index contributed by atoms with van der Waals surface area (Å²) >= 11 is 0. The van der Waals surface area contributed by atoms with E-state index in [9.17, 15) is 4.79 Å². The van der Waals surface area contributed by atoms with Crippen LogP contribution in [0.5, 0.6) is 0 Å². The van der Waals surface area contributed by atoms with Crippen molar-refractivity contribution in [3.05, 3.63) is 4.85 Å². The fraction of sp³-hybridized carbons (Fsp3) is 0.857. The van der Waals surface area contributed by atoms with Crippen molar-refractivity contribution >= 4 is 6.09 Å². The number of carbonyl (C=O) groups excluding carboxylic acids is 1. The van der Waals surface area contributed by atoms with Crippen LogP contribution in [0, 0.1) is 11.5 Å². The summed E-state index contributed by atoms with van der Waals surface area (Å²) in [4.78, 5) is 15.4. The predicted octanol–water partition coefficient (Wildman–Crippen LogP) is 2.91. The number of nitrogens with zero attached hydrogens (tertiary/aromatic N) is 1. The van der Waals surface area contributed by atoms with E-state index >= 15 is 0 Å². The third kappa shape index (κ3) is 10.3. The number of ether oxygens (including phenoxy) is 2. The highest BCUT2D eigenvalue weighted by Gasteiger charge is 2.23. The fourth-order valence-electron chi connectivity index (χ4n) is 1.38. The van der Waals surface area contributed by atoms with Gasteiger partial charge in [0.2, 0.25) is 0 Å². The van der Waals surface area contributed by atoms with E-state index in [1.165, 1.54) is 0 Å². The average Bonchev–Trinajstić information content (AvgIpc) is 2.12. The molecule has 1 N–H and O–H groups in total. The molecule has 0 aliphatic rings. The zero-order chi connectivity index (χ0) is 15.1. The van der Waals surface area contributed by atoms with Gasteiger partial charge >= 0.3 is 6.09 Å². The van der Waals surface area contributed by atoms with E-state index in [4.69, 9.17) is 9.47 Å². The van der Waals surface area contributed by atoms with Crippen LogP contribution in [-0.2, 0) is 9.47 Å². The van der Waals surface area contributed by atoms with Crippen LogP contribution in [0.4, 0.5) is 4.79 Å². The monoisotopic (exact) mass is 271 g/mol. The van der Waals surface area contributed by atoms with Gasteiger partial charge in [-0.1, -0.05) is 4.85 Å². The van der Waals surface area contributed by atoms with Crippen molar-refractivity contribution in [3.8, 4) is 6.07 Å². The Balaban J connectivity index is 3.96. The van der Waals surface area contributed by atoms with Crippen molar-refractivity contribution < 1.29 is 14.3 Å². The van der Waals surface area contributed by atoms with Gasteiger partial charge in [-0.2, -0.15) is 0 Å². The van der Waals surface area contributed by atoms with Crippen LogP contribution in [0.2, 0.25) is 0 Å². The number of rotatable bonds is 5. The van der Waals surface area contributed by atoms with Gasteiger partial charge < -0.3 is 14.8 Å². The van der Waals surface area contributed by atoms with Crippen molar-refractivity contribution in [2.45, 2.75) is 53.2 Å². The molecule has 5 heteroatoms. The second-order valence-corrected chi connectivity index (χ2v) is 6.28. The molecule has 0 aromatic heterocycles. The van der Waals surface area contributed by atoms with Gasteiger partial charge in [0.15, 0.2) is 0 Å². The van der Waals surface area contributed by atoms with Crippen LogP contribution in [0.15, 0.2) is 0 Å². The van der Waals surface area contributed by atoms with Crippen molar-refractivity contribution in [3.63, 3.8) is 0 Å². The van der Waals surface area contributed by atoms with Gasteiger partial charge in [0.25, 0.3) is 13.1 Å². The lowest BCUT2D eigenvalue weighted by molar-refractivity contribution is 0.0407. The molecule has 110 valence electrons. The van der Waals surface area contributed by atoms with E-state index < -0.39 is 11.7 Å². The molecule has 1 unspecified atom stereocenters. The maximum Gasteiger partial charge on any atom is 0.407 e. The smallest absolute Gasteiger partial charge is 0.407 e. The molecule has 5 nitrogen and oxygen atoms in total. The minimum absolute atomic E-state index is 0.107. The van der Waals surface area contributed by atoms with Gasteiger partial charge in [0.05, 0.1) is 19.3 Å². The molecule has 0 bridgehead atoms. The molecule has 0 saturated carbocycles. The Bertz CT molecular complexity index is 348. The molecule has 0 aromatic carbocycles. The van der Waals surface area contributed by atoms with Gasteiger partial charge in [-0.3, -0.25) is 0 Å². The molecule has 0 aliphatic heterocycles. The van der Waals surface area contributed by atoms with Crippen LogP contribution in [-0.4, -0.2) is 38.0 Å². The van der Waals surface area contributed by atoms with Crippen molar-refractivity contribution in [2.24, 2.45) is 5.41 Å². The molecular formula is C14H27N2O3+. The topological polar surface area (TPSA) is 51.9 Å². The molecule has 19 heavy (non-hydrogen) atoms. The first-order valence-electron chi connectivity index (χ1n) is 6.49. The lowest BCUT2D eigenvalue weighted by atomic mass is 9.97. The second kappa shape index (κ2) is 7.34. The maximum absolute atomic E-state index is 11.5. The summed E-state index contributed by atoms with van der Waals surface area (Å²) in [5, 5.41) is 2.72. The zero-order valence-electron chi connectivity index (χ0n) is 13.2. The van der Waals surface area contributed by atoms with E-state index in [0.717, 1.165) is 0 Å². The second-order valence-electron chi connectivity index (χ2n) is 6.28. The Kier molecular flexibility index (Phi) is 6.85. The summed E-state index contributed by atoms with van der Waals surface area (Å²) in [5.74, 6) is 0. The molecule has 0 aromatic rings. The lowest BCUT2D eigenvalue weighted by Crippen LogP contribution is -2.40. The Hall–Kier alpha value is -1.28. The first-order valence-corrected chi connectivity index (χ1v) is 6.49. The average molecular weight is 271 g/mol. The van der Waals surface area contributed by atoms with E-state index in [1.54, 1.807) is 7.05 Å². The molecule has 0 aliphatic carbocycles. The van der Waals surface area contributed by atoms with Gasteiger partial charge in [0, 0.05) is 0 Å². The van der Waals surface area contributed by atoms with Crippen molar-refractivity contribution in [2.75, 3.05) is 20.3 Å². The number of hydrogen-bond acceptors (Lipinski definition) is 3. The normalized spacial score (nSPS) is 13.2. The van der Waals surface area contributed by atoms with Gasteiger partial charge in [-0.15, -0.1) is 0 Å². The van der Waals surface area contributed by atoms with Crippen LogP contribution in [0.3, 0.4) is 0 Å². The molecule has 0 rings (SSSR count). The Morgan fingerprint density at radius 2 is 1.89 bits per heavy atom. The van der Waals surface area contributed by atoms with E-state index in [2.05, 4.69) is 16.2 Å². The summed E-state index contributed by atoms with van der Waals surface area (Å²) in [7, 11) is 1.69. The number of nitrogens with one attached hydrogen (secondary N) is 1. The molecule has 0 heterocycles. The van der Waals surface area contributed by atoms with Gasteiger partial charge in [0.1, 0.15) is 11.0 Å². The quantitative estimate of drug-likeness (QED) is 0.836. The fourth-order valence-corrected chi connectivity index (χ4v) is 1.38. The third-order valence-electron chi connectivity index (χ3n) is 2.01. The Morgan fingerprint density at radius 3 is 2.37 bits per heavy atom. The van der Waals surface area contributed by atoms with Crippen LogP contribution >= 0.6 is 0 Å². The standard InChI is InChI=1S/C14H26N2O3/c1-11(16-12(17)19-13(2,3)4)8-18-10-14(5,6)9-15-7/h11H,8,10H2,1-7H3/p+1. The summed E-state index contributed by atoms with van der Waals surface area (Å²) in [5.41, 5.74) is -0.709. The number of alkyl carbamates (subject to hydrolysis) is 1. The first kappa shape index (κ1) is 17.7. The van der Waals surface area contributed by atoms with E-state index in [1.807, 2.05) is 41.5 Å². The van der Waals surface area contributed by atoms with Crippen molar-refractivity contribution in [1.82, 2.24) is 5.32 Å². The summed E-state index contributed by atoms with van der Waals surface area (Å²) in [6.07, 6.45) is -0.426. The highest BCUT2D eigenvalue weighted by molar-refractivity contribution is 5.68. The summed E-state index contributed by atoms with van der Waals surface area (Å²) in [6, 6.07) is 2.85. The molecular weight excluding hydrogens is 244 g/mol. The largest absolute Gasteiger partial charge is 0.444 e. The summed E-state index contributed by atoms with van der Waals surface area (Å²) in [6.45, 7) is 12.3. The number of hydrogen-bond donors (Lipinski definition) is 1. The maximum atomic E-state index is 11.5. The molecule has 1 amide bonds. The Morgan fingerprint density at radius 1 is 1.32 bits per heavy atom. The van der Waals surface area contributed by atoms with Gasteiger partial charge in [-0.25, -0.2) is 4.79 Å². The van der Waals surface area contributed by atoms with Crippen LogP contribution < -0.4 is 5.32 Å². The molecule has 0 spiro atoms. The minimum Gasteiger partial charge on any atom is -0.444 e. The number of amides is 1. The zero-order valence-corrected chi connectivity index (χ0v) is 13.2. The van der Waals surface area contributed by atoms with Gasteiger partial charge in [-0.05, 0) is 41.5 Å². The minimum atomic E-state index is -0.487.